The van der Waals surface area contributed by atoms with Gasteiger partial charge in [-0.1, -0.05) is 12.1 Å². The van der Waals surface area contributed by atoms with Crippen LogP contribution in [0.25, 0.3) is 21.8 Å². The number of benzene rings is 3. The minimum absolute atomic E-state index is 0.609. The van der Waals surface area contributed by atoms with Gasteiger partial charge < -0.3 is 15.4 Å². The normalized spacial score (nSPS) is 11.5. The van der Waals surface area contributed by atoms with E-state index >= 15 is 0 Å². The number of nitrogens with two attached hydrogens (primary N) is 1. The summed E-state index contributed by atoms with van der Waals surface area (Å²) in [5.74, 6) is 0.792. The number of hydrogen-bond acceptors (Lipinski definition) is 6. The van der Waals surface area contributed by atoms with Crippen molar-refractivity contribution in [2.45, 2.75) is 20.8 Å². The molecular formula is C25H27N5O. The fraction of sp³-hybridized carbons (Fsp3) is 0.240. The summed E-state index contributed by atoms with van der Waals surface area (Å²) in [4.78, 5) is 7.05. The molecule has 6 nitrogen and oxygen atoms in total. The van der Waals surface area contributed by atoms with E-state index in [1.165, 1.54) is 0 Å². The first-order chi connectivity index (χ1) is 15.1. The number of rotatable bonds is 7. The Morgan fingerprint density at radius 3 is 2.45 bits per heavy atom. The Labute approximate surface area is 182 Å². The third-order valence-corrected chi connectivity index (χ3v) is 5.34. The molecule has 0 bridgehead atoms. The number of nitrogens with zero attached hydrogens (tertiary/aromatic N) is 4. The van der Waals surface area contributed by atoms with Crippen LogP contribution in [0.3, 0.4) is 0 Å². The van der Waals surface area contributed by atoms with Crippen molar-refractivity contribution in [3.63, 3.8) is 0 Å². The van der Waals surface area contributed by atoms with Crippen molar-refractivity contribution in [3.8, 4) is 5.75 Å². The zero-order valence-electron chi connectivity index (χ0n) is 18.2. The van der Waals surface area contributed by atoms with Crippen LogP contribution in [0.5, 0.6) is 5.75 Å². The van der Waals surface area contributed by atoms with Gasteiger partial charge >= 0.3 is 0 Å². The number of azo groups is 1. The van der Waals surface area contributed by atoms with Crippen LogP contribution in [0, 0.1) is 0 Å². The number of ether oxygens (including phenoxy) is 1. The van der Waals surface area contributed by atoms with E-state index in [0.717, 1.165) is 57.7 Å². The molecule has 0 aliphatic rings. The van der Waals surface area contributed by atoms with Crippen molar-refractivity contribution in [2.75, 3.05) is 30.3 Å². The van der Waals surface area contributed by atoms with Gasteiger partial charge in [-0.15, -0.1) is 5.11 Å². The zero-order chi connectivity index (χ0) is 21.8. The summed E-state index contributed by atoms with van der Waals surface area (Å²) in [5.41, 5.74) is 11.4. The molecule has 0 saturated carbocycles. The Morgan fingerprint density at radius 2 is 1.68 bits per heavy atom. The number of anilines is 2. The average Bonchev–Trinajstić information content (AvgIpc) is 2.80. The summed E-state index contributed by atoms with van der Waals surface area (Å²) in [5, 5.41) is 10.8. The number of aromatic nitrogens is 1. The molecule has 0 spiro atoms. The van der Waals surface area contributed by atoms with Gasteiger partial charge in [0.05, 0.1) is 34.7 Å². The highest BCUT2D eigenvalue weighted by Gasteiger charge is 2.10. The molecule has 0 saturated heterocycles. The first-order valence-electron chi connectivity index (χ1n) is 10.7. The van der Waals surface area contributed by atoms with Crippen molar-refractivity contribution < 1.29 is 4.74 Å². The molecule has 0 radical (unpaired) electrons. The SMILES string of the molecule is CCOc1ccc2nc3cc(N=Nc4ccccc4N(CC)CC)ccc3c(N)c2c1. The molecule has 31 heavy (non-hydrogen) atoms. The second-order valence-electron chi connectivity index (χ2n) is 7.20. The molecule has 2 N–H and O–H groups in total. The molecule has 4 rings (SSSR count). The van der Waals surface area contributed by atoms with Crippen LogP contribution in [0.2, 0.25) is 0 Å². The first kappa shape index (κ1) is 20.6. The van der Waals surface area contributed by atoms with Crippen LogP contribution < -0.4 is 15.4 Å². The van der Waals surface area contributed by atoms with Crippen LogP contribution in [0.15, 0.2) is 70.9 Å². The molecule has 1 heterocycles. The average molecular weight is 414 g/mol. The molecular weight excluding hydrogens is 386 g/mol. The second-order valence-corrected chi connectivity index (χ2v) is 7.20. The molecule has 0 atom stereocenters. The lowest BCUT2D eigenvalue weighted by molar-refractivity contribution is 0.341. The number of fused-ring (bicyclic) bond motifs is 2. The molecule has 0 aliphatic heterocycles. The van der Waals surface area contributed by atoms with Crippen molar-refractivity contribution in [1.82, 2.24) is 4.98 Å². The smallest absolute Gasteiger partial charge is 0.120 e. The summed E-state index contributed by atoms with van der Waals surface area (Å²) in [6.07, 6.45) is 0. The molecule has 158 valence electrons. The topological polar surface area (TPSA) is 76.1 Å². The lowest BCUT2D eigenvalue weighted by Gasteiger charge is -2.22. The molecule has 1 aromatic heterocycles. The van der Waals surface area contributed by atoms with E-state index in [4.69, 9.17) is 15.5 Å². The minimum Gasteiger partial charge on any atom is -0.494 e. The van der Waals surface area contributed by atoms with Crippen molar-refractivity contribution >= 4 is 44.6 Å². The van der Waals surface area contributed by atoms with Gasteiger partial charge in [0.2, 0.25) is 0 Å². The fourth-order valence-electron chi connectivity index (χ4n) is 3.75. The van der Waals surface area contributed by atoms with Crippen molar-refractivity contribution in [3.05, 3.63) is 60.7 Å². The van der Waals surface area contributed by atoms with Gasteiger partial charge in [0.1, 0.15) is 11.4 Å². The van der Waals surface area contributed by atoms with Gasteiger partial charge in [-0.3, -0.25) is 0 Å². The molecule has 0 aliphatic carbocycles. The summed E-state index contributed by atoms with van der Waals surface area (Å²) in [6.45, 7) is 8.68. The third-order valence-electron chi connectivity index (χ3n) is 5.34. The van der Waals surface area contributed by atoms with Crippen LogP contribution in [-0.4, -0.2) is 24.7 Å². The third kappa shape index (κ3) is 4.14. The van der Waals surface area contributed by atoms with E-state index in [9.17, 15) is 0 Å². The van der Waals surface area contributed by atoms with E-state index in [2.05, 4.69) is 35.0 Å². The molecule has 3 aromatic carbocycles. The van der Waals surface area contributed by atoms with Gasteiger partial charge in [0.15, 0.2) is 0 Å². The van der Waals surface area contributed by atoms with Crippen molar-refractivity contribution in [1.29, 1.82) is 0 Å². The van der Waals surface area contributed by atoms with E-state index in [1.54, 1.807) is 0 Å². The summed E-state index contributed by atoms with van der Waals surface area (Å²) < 4.78 is 5.60. The van der Waals surface area contributed by atoms with E-state index < -0.39 is 0 Å². The maximum Gasteiger partial charge on any atom is 0.120 e. The van der Waals surface area contributed by atoms with Gasteiger partial charge in [0, 0.05) is 23.9 Å². The van der Waals surface area contributed by atoms with E-state index in [-0.39, 0.29) is 0 Å². The Balaban J connectivity index is 1.72. The molecule has 6 heteroatoms. The van der Waals surface area contributed by atoms with Crippen LogP contribution in [0.1, 0.15) is 20.8 Å². The Kier molecular flexibility index (Phi) is 5.98. The number of nitrogen functional groups attached to an aromatic ring is 1. The number of hydrogen-bond donors (Lipinski definition) is 1. The lowest BCUT2D eigenvalue weighted by atomic mass is 10.1. The molecule has 0 fully saturated rings. The summed E-state index contributed by atoms with van der Waals surface area (Å²) in [6, 6.07) is 19.7. The summed E-state index contributed by atoms with van der Waals surface area (Å²) in [7, 11) is 0. The van der Waals surface area contributed by atoms with Crippen molar-refractivity contribution in [2.24, 2.45) is 10.2 Å². The number of para-hydroxylation sites is 1. The summed E-state index contributed by atoms with van der Waals surface area (Å²) >= 11 is 0. The van der Waals surface area contributed by atoms with Gasteiger partial charge in [-0.25, -0.2) is 4.98 Å². The lowest BCUT2D eigenvalue weighted by Crippen LogP contribution is -2.21. The van der Waals surface area contributed by atoms with Crippen LogP contribution in [0.4, 0.5) is 22.7 Å². The highest BCUT2D eigenvalue weighted by molar-refractivity contribution is 6.07. The maximum absolute atomic E-state index is 6.46. The fourth-order valence-corrected chi connectivity index (χ4v) is 3.75. The standard InChI is InChI=1S/C25H27N5O/c1-4-30(5-2)24-10-8-7-9-22(24)29-28-17-11-13-19-23(15-17)27-21-14-12-18(31-6-3)16-20(21)25(19)26/h7-16H,4-6H2,1-3H3,(H2,26,27). The Morgan fingerprint density at radius 1 is 0.871 bits per heavy atom. The maximum atomic E-state index is 6.46. The van der Waals surface area contributed by atoms with E-state index in [1.807, 2.05) is 61.5 Å². The Bertz CT molecular complexity index is 1250. The quantitative estimate of drug-likeness (QED) is 0.272. The Hall–Kier alpha value is -3.67. The monoisotopic (exact) mass is 413 g/mol. The number of pyridine rings is 1. The second kappa shape index (κ2) is 9.00. The first-order valence-corrected chi connectivity index (χ1v) is 10.7. The predicted octanol–water partition coefficient (Wildman–Crippen LogP) is 6.63. The molecule has 0 unspecified atom stereocenters. The molecule has 4 aromatic rings. The van der Waals surface area contributed by atoms with E-state index in [0.29, 0.717) is 12.3 Å². The predicted molar refractivity (Wildman–Crippen MR) is 129 cm³/mol. The highest BCUT2D eigenvalue weighted by atomic mass is 16.5. The van der Waals surface area contributed by atoms with Gasteiger partial charge in [-0.2, -0.15) is 5.11 Å². The molecule has 0 amide bonds. The van der Waals surface area contributed by atoms with Crippen LogP contribution >= 0.6 is 0 Å². The van der Waals surface area contributed by atoms with Crippen LogP contribution in [-0.2, 0) is 0 Å². The zero-order valence-corrected chi connectivity index (χ0v) is 18.2. The van der Waals surface area contributed by atoms with Gasteiger partial charge in [0.25, 0.3) is 0 Å². The largest absolute Gasteiger partial charge is 0.494 e. The highest BCUT2D eigenvalue weighted by Crippen LogP contribution is 2.34. The van der Waals surface area contributed by atoms with Gasteiger partial charge in [-0.05, 0) is 69.3 Å². The minimum atomic E-state index is 0.609.